The van der Waals surface area contributed by atoms with E-state index in [-0.39, 0.29) is 18.4 Å². The zero-order chi connectivity index (χ0) is 14.4. The van der Waals surface area contributed by atoms with Gasteiger partial charge < -0.3 is 15.3 Å². The minimum absolute atomic E-state index is 0.0304. The van der Waals surface area contributed by atoms with Crippen LogP contribution in [-0.4, -0.2) is 46.9 Å². The Kier molecular flexibility index (Phi) is 5.79. The number of hydrogen-bond acceptors (Lipinski definition) is 3. The minimum atomic E-state index is -1.04. The van der Waals surface area contributed by atoms with Crippen molar-refractivity contribution in [1.82, 2.24) is 10.2 Å². The molecule has 0 aliphatic carbocycles. The van der Waals surface area contributed by atoms with Gasteiger partial charge in [0, 0.05) is 13.0 Å². The van der Waals surface area contributed by atoms with Gasteiger partial charge in [-0.05, 0) is 25.2 Å². The van der Waals surface area contributed by atoms with Crippen molar-refractivity contribution >= 4 is 17.8 Å². The largest absolute Gasteiger partial charge is 0.480 e. The Balaban J connectivity index is 2.47. The first-order valence-electron chi connectivity index (χ1n) is 6.70. The van der Waals surface area contributed by atoms with Crippen molar-refractivity contribution in [2.45, 2.75) is 45.6 Å². The fraction of sp³-hybridized carbons (Fsp3) is 0.769. The number of carboxylic acids is 1. The van der Waals surface area contributed by atoms with E-state index < -0.39 is 17.9 Å². The van der Waals surface area contributed by atoms with Gasteiger partial charge in [-0.15, -0.1) is 0 Å². The van der Waals surface area contributed by atoms with Crippen LogP contribution in [0.4, 0.5) is 0 Å². The summed E-state index contributed by atoms with van der Waals surface area (Å²) in [4.78, 5) is 35.9. The first-order valence-corrected chi connectivity index (χ1v) is 6.70. The van der Waals surface area contributed by atoms with Gasteiger partial charge in [-0.25, -0.2) is 4.79 Å². The highest BCUT2D eigenvalue weighted by Gasteiger charge is 2.24. The molecule has 2 N–H and O–H groups in total. The number of carbonyl (C=O) groups is 3. The third kappa shape index (κ3) is 5.28. The van der Waals surface area contributed by atoms with Gasteiger partial charge in [-0.3, -0.25) is 9.59 Å². The summed E-state index contributed by atoms with van der Waals surface area (Å²) in [7, 11) is 0. The third-order valence-corrected chi connectivity index (χ3v) is 3.10. The molecule has 1 aliphatic rings. The fourth-order valence-electron chi connectivity index (χ4n) is 2.14. The van der Waals surface area contributed by atoms with Gasteiger partial charge in [0.1, 0.15) is 6.04 Å². The second kappa shape index (κ2) is 7.11. The summed E-state index contributed by atoms with van der Waals surface area (Å²) in [6.07, 6.45) is 2.62. The summed E-state index contributed by atoms with van der Waals surface area (Å²) in [5.74, 6) is -1.29. The molecule has 1 heterocycles. The van der Waals surface area contributed by atoms with Crippen molar-refractivity contribution in [3.05, 3.63) is 0 Å². The number of nitrogens with zero attached hydrogens (tertiary/aromatic N) is 1. The number of aliphatic carboxylic acids is 1. The van der Waals surface area contributed by atoms with Crippen molar-refractivity contribution in [2.24, 2.45) is 5.92 Å². The number of rotatable bonds is 6. The second-order valence-electron chi connectivity index (χ2n) is 5.36. The van der Waals surface area contributed by atoms with Crippen molar-refractivity contribution < 1.29 is 19.5 Å². The minimum Gasteiger partial charge on any atom is -0.480 e. The molecule has 0 spiro atoms. The zero-order valence-corrected chi connectivity index (χ0v) is 11.5. The molecule has 0 saturated carbocycles. The Labute approximate surface area is 113 Å². The van der Waals surface area contributed by atoms with E-state index >= 15 is 0 Å². The van der Waals surface area contributed by atoms with Crippen LogP contribution in [0.15, 0.2) is 0 Å². The van der Waals surface area contributed by atoms with Gasteiger partial charge >= 0.3 is 5.97 Å². The molecule has 1 atom stereocenters. The second-order valence-corrected chi connectivity index (χ2v) is 5.36. The molecule has 0 bridgehead atoms. The highest BCUT2D eigenvalue weighted by atomic mass is 16.4. The smallest absolute Gasteiger partial charge is 0.326 e. The lowest BCUT2D eigenvalue weighted by atomic mass is 10.0. The van der Waals surface area contributed by atoms with E-state index in [2.05, 4.69) is 5.32 Å². The Morgan fingerprint density at radius 2 is 2.05 bits per heavy atom. The predicted octanol–water partition coefficient (Wildman–Crippen LogP) is 0.614. The number of likely N-dealkylation sites (tertiary alicyclic amines) is 1. The number of hydrogen-bond donors (Lipinski definition) is 2. The van der Waals surface area contributed by atoms with Crippen LogP contribution in [0.3, 0.4) is 0 Å². The third-order valence-electron chi connectivity index (χ3n) is 3.10. The molecule has 1 fully saturated rings. The van der Waals surface area contributed by atoms with Gasteiger partial charge in [0.25, 0.3) is 0 Å². The van der Waals surface area contributed by atoms with Gasteiger partial charge in [-0.1, -0.05) is 13.8 Å². The maximum Gasteiger partial charge on any atom is 0.326 e. The summed E-state index contributed by atoms with van der Waals surface area (Å²) in [6, 6.07) is -0.882. The normalized spacial score (nSPS) is 17.4. The highest BCUT2D eigenvalue weighted by molar-refractivity contribution is 5.88. The van der Waals surface area contributed by atoms with Crippen LogP contribution < -0.4 is 5.32 Å². The summed E-state index contributed by atoms with van der Waals surface area (Å²) >= 11 is 0. The maximum atomic E-state index is 11.8. The summed E-state index contributed by atoms with van der Waals surface area (Å²) in [5, 5.41) is 11.5. The number of carboxylic acid groups (broad SMARTS) is 1. The monoisotopic (exact) mass is 270 g/mol. The lowest BCUT2D eigenvalue weighted by molar-refractivity contribution is -0.143. The lowest BCUT2D eigenvalue weighted by Crippen LogP contribution is -2.48. The topological polar surface area (TPSA) is 86.7 Å². The van der Waals surface area contributed by atoms with Crippen LogP contribution in [0.1, 0.15) is 39.5 Å². The Morgan fingerprint density at radius 1 is 1.37 bits per heavy atom. The standard InChI is InChI=1S/C13H22N2O4/c1-9(2)7-10(13(18)19)14-11(16)8-15-6-4-3-5-12(15)17/h9-10H,3-8H2,1-2H3,(H,14,16)(H,18,19). The van der Waals surface area contributed by atoms with Crippen LogP contribution in [0, 0.1) is 5.92 Å². The van der Waals surface area contributed by atoms with Crippen LogP contribution in [0.25, 0.3) is 0 Å². The van der Waals surface area contributed by atoms with E-state index in [1.165, 1.54) is 4.90 Å². The molecule has 0 radical (unpaired) electrons. The summed E-state index contributed by atoms with van der Waals surface area (Å²) in [5.41, 5.74) is 0. The van der Waals surface area contributed by atoms with E-state index in [1.807, 2.05) is 13.8 Å². The van der Waals surface area contributed by atoms with E-state index in [0.717, 1.165) is 12.8 Å². The summed E-state index contributed by atoms with van der Waals surface area (Å²) < 4.78 is 0. The molecule has 1 unspecified atom stereocenters. The van der Waals surface area contributed by atoms with E-state index in [0.29, 0.717) is 19.4 Å². The molecule has 19 heavy (non-hydrogen) atoms. The molecular formula is C13H22N2O4. The van der Waals surface area contributed by atoms with Crippen LogP contribution in [0.2, 0.25) is 0 Å². The van der Waals surface area contributed by atoms with Crippen LogP contribution in [0.5, 0.6) is 0 Å². The quantitative estimate of drug-likeness (QED) is 0.740. The Hall–Kier alpha value is -1.59. The highest BCUT2D eigenvalue weighted by Crippen LogP contribution is 2.10. The van der Waals surface area contributed by atoms with Crippen molar-refractivity contribution in [3.63, 3.8) is 0 Å². The van der Waals surface area contributed by atoms with Gasteiger partial charge in [-0.2, -0.15) is 0 Å². The SMILES string of the molecule is CC(C)CC(NC(=O)CN1CCCCC1=O)C(=O)O. The number of piperidine rings is 1. The van der Waals surface area contributed by atoms with Crippen LogP contribution in [-0.2, 0) is 14.4 Å². The average Bonchev–Trinajstić information content (AvgIpc) is 2.30. The van der Waals surface area contributed by atoms with Gasteiger partial charge in [0.2, 0.25) is 11.8 Å². The Bertz CT molecular complexity index is 355. The molecule has 0 aromatic carbocycles. The number of carbonyl (C=O) groups excluding carboxylic acids is 2. The van der Waals surface area contributed by atoms with Crippen molar-refractivity contribution in [1.29, 1.82) is 0 Å². The van der Waals surface area contributed by atoms with Crippen LogP contribution >= 0.6 is 0 Å². The van der Waals surface area contributed by atoms with Gasteiger partial charge in [0.15, 0.2) is 0 Å². The molecular weight excluding hydrogens is 248 g/mol. The van der Waals surface area contributed by atoms with E-state index in [4.69, 9.17) is 5.11 Å². The lowest BCUT2D eigenvalue weighted by Gasteiger charge is -2.26. The molecule has 1 saturated heterocycles. The molecule has 2 amide bonds. The number of amides is 2. The first-order chi connectivity index (χ1) is 8.90. The molecule has 108 valence electrons. The maximum absolute atomic E-state index is 11.8. The van der Waals surface area contributed by atoms with Crippen molar-refractivity contribution in [2.75, 3.05) is 13.1 Å². The van der Waals surface area contributed by atoms with Gasteiger partial charge in [0.05, 0.1) is 6.54 Å². The molecule has 6 heteroatoms. The zero-order valence-electron chi connectivity index (χ0n) is 11.5. The predicted molar refractivity (Wildman–Crippen MR) is 69.5 cm³/mol. The average molecular weight is 270 g/mol. The number of nitrogens with one attached hydrogen (secondary N) is 1. The fourth-order valence-corrected chi connectivity index (χ4v) is 2.14. The molecule has 1 aliphatic heterocycles. The van der Waals surface area contributed by atoms with Crippen molar-refractivity contribution in [3.8, 4) is 0 Å². The van der Waals surface area contributed by atoms with E-state index in [9.17, 15) is 14.4 Å². The molecule has 0 aromatic heterocycles. The molecule has 1 rings (SSSR count). The summed E-state index contributed by atoms with van der Waals surface area (Å²) in [6.45, 7) is 4.33. The Morgan fingerprint density at radius 3 is 2.58 bits per heavy atom. The molecule has 0 aromatic rings. The first kappa shape index (κ1) is 15.5. The molecule has 6 nitrogen and oxygen atoms in total. The van der Waals surface area contributed by atoms with E-state index in [1.54, 1.807) is 0 Å².